The lowest BCUT2D eigenvalue weighted by molar-refractivity contribution is -0.134. The first-order valence-corrected chi connectivity index (χ1v) is 11.5. The van der Waals surface area contributed by atoms with Gasteiger partial charge in [-0.3, -0.25) is 9.79 Å². The van der Waals surface area contributed by atoms with Crippen LogP contribution in [0.2, 0.25) is 0 Å². The zero-order chi connectivity index (χ0) is 18.4. The first-order valence-electron chi connectivity index (χ1n) is 10.5. The lowest BCUT2D eigenvalue weighted by Crippen LogP contribution is -2.53. The van der Waals surface area contributed by atoms with Gasteiger partial charge in [-0.1, -0.05) is 19.3 Å². The van der Waals surface area contributed by atoms with Gasteiger partial charge in [-0.2, -0.15) is 11.8 Å². The SMILES string of the molecule is CN=C(NCCC(=O)N1CCCCC1C)N1CCSC2(CCCCC2)C1.I. The van der Waals surface area contributed by atoms with Crippen LogP contribution in [0, 0.1) is 0 Å². The molecule has 2 aliphatic heterocycles. The lowest BCUT2D eigenvalue weighted by atomic mass is 9.87. The summed E-state index contributed by atoms with van der Waals surface area (Å²) >= 11 is 2.18. The predicted octanol–water partition coefficient (Wildman–Crippen LogP) is 3.72. The van der Waals surface area contributed by atoms with E-state index >= 15 is 0 Å². The van der Waals surface area contributed by atoms with Crippen molar-refractivity contribution in [3.8, 4) is 0 Å². The molecule has 2 heterocycles. The number of hydrogen-bond acceptors (Lipinski definition) is 3. The number of carbonyl (C=O) groups is 1. The smallest absolute Gasteiger partial charge is 0.224 e. The number of aliphatic imine (C=N–C) groups is 1. The highest BCUT2D eigenvalue weighted by Gasteiger charge is 2.38. The normalized spacial score (nSPS) is 25.9. The number of thioether (sulfide) groups is 1. The third-order valence-corrected chi connectivity index (χ3v) is 7.81. The highest BCUT2D eigenvalue weighted by atomic mass is 127. The van der Waals surface area contributed by atoms with Crippen LogP contribution in [-0.4, -0.2) is 71.4 Å². The number of halogens is 1. The summed E-state index contributed by atoms with van der Waals surface area (Å²) in [5, 5.41) is 3.47. The van der Waals surface area contributed by atoms with Gasteiger partial charge in [0, 0.05) is 56.2 Å². The molecular weight excluding hydrogens is 471 g/mol. The molecule has 1 N–H and O–H groups in total. The monoisotopic (exact) mass is 508 g/mol. The quantitative estimate of drug-likeness (QED) is 0.359. The van der Waals surface area contributed by atoms with Crippen LogP contribution in [0.25, 0.3) is 0 Å². The van der Waals surface area contributed by atoms with Gasteiger partial charge in [0.15, 0.2) is 5.96 Å². The Morgan fingerprint density at radius 2 is 1.96 bits per heavy atom. The van der Waals surface area contributed by atoms with Crippen LogP contribution in [0.4, 0.5) is 0 Å². The molecule has 27 heavy (non-hydrogen) atoms. The van der Waals surface area contributed by atoms with Crippen molar-refractivity contribution >= 4 is 47.6 Å². The number of carbonyl (C=O) groups excluding carboxylic acids is 1. The van der Waals surface area contributed by atoms with Gasteiger partial charge in [0.1, 0.15) is 0 Å². The van der Waals surface area contributed by atoms with Gasteiger partial charge < -0.3 is 15.1 Å². The minimum Gasteiger partial charge on any atom is -0.356 e. The lowest BCUT2D eigenvalue weighted by Gasteiger charge is -2.45. The number of nitrogens with zero attached hydrogens (tertiary/aromatic N) is 3. The second-order valence-electron chi connectivity index (χ2n) is 8.17. The zero-order valence-corrected chi connectivity index (χ0v) is 20.2. The second kappa shape index (κ2) is 11.1. The average molecular weight is 509 g/mol. The summed E-state index contributed by atoms with van der Waals surface area (Å²) in [4.78, 5) is 21.5. The molecule has 0 aromatic rings. The molecule has 3 fully saturated rings. The summed E-state index contributed by atoms with van der Waals surface area (Å²) in [5.74, 6) is 2.46. The molecule has 156 valence electrons. The topological polar surface area (TPSA) is 47.9 Å². The van der Waals surface area contributed by atoms with E-state index in [0.29, 0.717) is 23.8 Å². The van der Waals surface area contributed by atoms with E-state index in [1.807, 2.05) is 7.05 Å². The van der Waals surface area contributed by atoms with Crippen molar-refractivity contribution in [2.45, 2.75) is 75.5 Å². The van der Waals surface area contributed by atoms with Crippen LogP contribution in [0.3, 0.4) is 0 Å². The van der Waals surface area contributed by atoms with Gasteiger partial charge >= 0.3 is 0 Å². The number of hydrogen-bond donors (Lipinski definition) is 1. The maximum absolute atomic E-state index is 12.5. The van der Waals surface area contributed by atoms with E-state index in [9.17, 15) is 4.79 Å². The zero-order valence-electron chi connectivity index (χ0n) is 17.0. The molecule has 1 spiro atoms. The standard InChI is InChI=1S/C20H36N4OS.HI/c1-17-8-4-7-13-24(17)18(25)9-12-22-19(21-2)23-14-15-26-20(16-23)10-5-3-6-11-20;/h17H,3-16H2,1-2H3,(H,21,22);1H. The van der Waals surface area contributed by atoms with Crippen LogP contribution in [0.5, 0.6) is 0 Å². The number of likely N-dealkylation sites (tertiary alicyclic amines) is 1. The number of rotatable bonds is 3. The molecular formula is C20H37IN4OS. The highest BCUT2D eigenvalue weighted by molar-refractivity contribution is 14.0. The molecule has 7 heteroatoms. The minimum absolute atomic E-state index is 0. The molecule has 0 bridgehead atoms. The van der Waals surface area contributed by atoms with Crippen molar-refractivity contribution in [3.63, 3.8) is 0 Å². The number of piperidine rings is 1. The van der Waals surface area contributed by atoms with Crippen molar-refractivity contribution in [2.75, 3.05) is 39.0 Å². The molecule has 0 aromatic carbocycles. The third-order valence-electron chi connectivity index (χ3n) is 6.27. The molecule has 1 atom stereocenters. The Morgan fingerprint density at radius 1 is 1.19 bits per heavy atom. The van der Waals surface area contributed by atoms with E-state index in [1.54, 1.807) is 0 Å². The van der Waals surface area contributed by atoms with Crippen LogP contribution < -0.4 is 5.32 Å². The van der Waals surface area contributed by atoms with Gasteiger partial charge in [-0.25, -0.2) is 0 Å². The third kappa shape index (κ3) is 6.15. The molecule has 1 saturated carbocycles. The Morgan fingerprint density at radius 3 is 2.67 bits per heavy atom. The van der Waals surface area contributed by atoms with Crippen LogP contribution in [0.15, 0.2) is 4.99 Å². The largest absolute Gasteiger partial charge is 0.356 e. The second-order valence-corrected chi connectivity index (χ2v) is 9.73. The number of nitrogens with one attached hydrogen (secondary N) is 1. The first-order chi connectivity index (χ1) is 12.6. The Bertz CT molecular complexity index is 505. The van der Waals surface area contributed by atoms with Gasteiger partial charge in [0.2, 0.25) is 5.91 Å². The maximum Gasteiger partial charge on any atom is 0.224 e. The summed E-state index contributed by atoms with van der Waals surface area (Å²) in [5.41, 5.74) is 0. The molecule has 1 amide bonds. The molecule has 5 nitrogen and oxygen atoms in total. The molecule has 3 rings (SSSR count). The van der Waals surface area contributed by atoms with E-state index in [2.05, 4.69) is 38.8 Å². The molecule has 0 radical (unpaired) electrons. The van der Waals surface area contributed by atoms with Gasteiger partial charge in [0.05, 0.1) is 0 Å². The summed E-state index contributed by atoms with van der Waals surface area (Å²) in [7, 11) is 1.87. The van der Waals surface area contributed by atoms with E-state index in [-0.39, 0.29) is 29.9 Å². The summed E-state index contributed by atoms with van der Waals surface area (Å²) in [6, 6.07) is 0.404. The molecule has 0 aromatic heterocycles. The minimum atomic E-state index is 0. The van der Waals surface area contributed by atoms with E-state index in [1.165, 1.54) is 44.3 Å². The fourth-order valence-corrected chi connectivity index (χ4v) is 6.32. The van der Waals surface area contributed by atoms with Crippen molar-refractivity contribution < 1.29 is 4.79 Å². The summed E-state index contributed by atoms with van der Waals surface area (Å²) in [6.07, 6.45) is 10.9. The summed E-state index contributed by atoms with van der Waals surface area (Å²) < 4.78 is 0.438. The van der Waals surface area contributed by atoms with E-state index in [4.69, 9.17) is 0 Å². The van der Waals surface area contributed by atoms with Crippen LogP contribution in [-0.2, 0) is 4.79 Å². The molecule has 3 aliphatic rings. The fourth-order valence-electron chi connectivity index (χ4n) is 4.75. The average Bonchev–Trinajstić information content (AvgIpc) is 2.66. The maximum atomic E-state index is 12.5. The van der Waals surface area contributed by atoms with E-state index < -0.39 is 0 Å². The van der Waals surface area contributed by atoms with Gasteiger partial charge in [0.25, 0.3) is 0 Å². The Labute approximate surface area is 186 Å². The first kappa shape index (κ1) is 23.1. The van der Waals surface area contributed by atoms with Crippen molar-refractivity contribution in [2.24, 2.45) is 4.99 Å². The Kier molecular flexibility index (Phi) is 9.52. The predicted molar refractivity (Wildman–Crippen MR) is 126 cm³/mol. The number of guanidine groups is 1. The van der Waals surface area contributed by atoms with Crippen LogP contribution in [0.1, 0.15) is 64.7 Å². The highest BCUT2D eigenvalue weighted by Crippen LogP contribution is 2.42. The van der Waals surface area contributed by atoms with Gasteiger partial charge in [-0.15, -0.1) is 24.0 Å². The summed E-state index contributed by atoms with van der Waals surface area (Å²) in [6.45, 7) is 5.96. The van der Waals surface area contributed by atoms with E-state index in [0.717, 1.165) is 38.4 Å². The number of amides is 1. The molecule has 1 aliphatic carbocycles. The Hall–Kier alpha value is -0.180. The van der Waals surface area contributed by atoms with Gasteiger partial charge in [-0.05, 0) is 39.0 Å². The van der Waals surface area contributed by atoms with Crippen molar-refractivity contribution in [3.05, 3.63) is 0 Å². The molecule has 2 saturated heterocycles. The molecule has 1 unspecified atom stereocenters. The van der Waals surface area contributed by atoms with Crippen molar-refractivity contribution in [1.29, 1.82) is 0 Å². The van der Waals surface area contributed by atoms with Crippen LogP contribution >= 0.6 is 35.7 Å². The fraction of sp³-hybridized carbons (Fsp3) is 0.900. The Balaban J connectivity index is 0.00000261. The van der Waals surface area contributed by atoms with Crippen molar-refractivity contribution in [1.82, 2.24) is 15.1 Å².